The second-order valence-electron chi connectivity index (χ2n) is 6.85. The van der Waals surface area contributed by atoms with Gasteiger partial charge in [0.05, 0.1) is 0 Å². The van der Waals surface area contributed by atoms with Crippen LogP contribution in [0, 0.1) is 0 Å². The van der Waals surface area contributed by atoms with Crippen LogP contribution in [0.2, 0.25) is 0 Å². The minimum absolute atomic E-state index is 1.33. The van der Waals surface area contributed by atoms with Crippen LogP contribution in [0.3, 0.4) is 0 Å². The fourth-order valence-electron chi connectivity index (χ4n) is 2.58. The van der Waals surface area contributed by atoms with Crippen LogP contribution >= 0.6 is 0 Å². The Balaban J connectivity index is 8.28. The first kappa shape index (κ1) is 35.3. The Kier molecular flexibility index (Phi) is 9.30. The molecule has 0 saturated carbocycles. The summed E-state index contributed by atoms with van der Waals surface area (Å²) < 4.78 is 262. The Morgan fingerprint density at radius 2 is 0.583 bits per heavy atom. The first-order valence-corrected chi connectivity index (χ1v) is 13.6. The van der Waals surface area contributed by atoms with Crippen LogP contribution in [0.1, 0.15) is 0 Å². The maximum absolute atomic E-state index is 14.5. The summed E-state index contributed by atoms with van der Waals surface area (Å²) in [6.45, 7) is -12.5. The molecule has 0 spiro atoms. The van der Waals surface area contributed by atoms with Gasteiger partial charge in [-0.05, 0) is 0 Å². The topological polar surface area (TPSA) is 9.23 Å². The van der Waals surface area contributed by atoms with Gasteiger partial charge in [-0.15, -0.1) is 0 Å². The molecule has 0 aromatic carbocycles. The van der Waals surface area contributed by atoms with Gasteiger partial charge >= 0.3 is 189 Å². The zero-order valence-electron chi connectivity index (χ0n) is 16.5. The third kappa shape index (κ3) is 4.07. The third-order valence-corrected chi connectivity index (χ3v) is 16.7. The van der Waals surface area contributed by atoms with Gasteiger partial charge in [0.1, 0.15) is 0 Å². The van der Waals surface area contributed by atoms with Crippen molar-refractivity contribution in [1.29, 1.82) is 0 Å². The molecule has 0 aliphatic carbocycles. The van der Waals surface area contributed by atoms with Gasteiger partial charge in [-0.25, -0.2) is 0 Å². The van der Waals surface area contributed by atoms with Crippen LogP contribution < -0.4 is 0 Å². The van der Waals surface area contributed by atoms with Gasteiger partial charge < -0.3 is 0 Å². The van der Waals surface area contributed by atoms with Gasteiger partial charge in [-0.3, -0.25) is 0 Å². The van der Waals surface area contributed by atoms with E-state index in [4.69, 9.17) is 0 Å². The molecule has 218 valence electrons. The summed E-state index contributed by atoms with van der Waals surface area (Å²) in [6.07, 6.45) is 0. The normalized spacial score (nSPS) is 16.5. The van der Waals surface area contributed by atoms with E-state index in [1.54, 1.807) is 0 Å². The quantitative estimate of drug-likeness (QED) is 0.152. The van der Waals surface area contributed by atoms with Crippen LogP contribution in [-0.2, 0) is 3.07 Å². The summed E-state index contributed by atoms with van der Waals surface area (Å²) in [5.41, 5.74) is 0. The zero-order chi connectivity index (χ0) is 29.8. The molecule has 0 radical (unpaired) electrons. The maximum atomic E-state index is 14.5. The summed E-state index contributed by atoms with van der Waals surface area (Å²) in [6, 6.07) is 0. The predicted octanol–water partition coefficient (Wildman–Crippen LogP) is 6.82. The molecular formula is C13H9F21OSn. The summed E-state index contributed by atoms with van der Waals surface area (Å²) in [4.78, 5) is 0. The molecule has 0 aliphatic heterocycles. The molecule has 0 atom stereocenters. The number of alkyl halides is 21. The Morgan fingerprint density at radius 1 is 0.417 bits per heavy atom. The average Bonchev–Trinajstić information content (AvgIpc) is 2.72. The SMILES string of the molecule is C[O][Sn]([C](F)(F)C(F)(F)C(F)(F)CF)([C](F)(F)C(F)(F)C(F)(F)CF)[C](F)(F)C(F)(F)C(F)(F)CF. The molecule has 36 heavy (non-hydrogen) atoms. The van der Waals surface area contributed by atoms with E-state index in [1.807, 2.05) is 0 Å². The number of hydrogen-bond acceptors (Lipinski definition) is 1. The van der Waals surface area contributed by atoms with Gasteiger partial charge in [0.25, 0.3) is 0 Å². The second kappa shape index (κ2) is 9.49. The van der Waals surface area contributed by atoms with Crippen LogP contribution in [0.5, 0.6) is 0 Å². The first-order chi connectivity index (χ1) is 15.5. The molecule has 0 bridgehead atoms. The van der Waals surface area contributed by atoms with Crippen molar-refractivity contribution in [3.8, 4) is 0 Å². The molecule has 0 unspecified atom stereocenters. The molecule has 0 aromatic heterocycles. The van der Waals surface area contributed by atoms with Gasteiger partial charge in [-0.1, -0.05) is 0 Å². The second-order valence-corrected chi connectivity index (χ2v) is 17.3. The van der Waals surface area contributed by atoms with Crippen molar-refractivity contribution in [2.45, 2.75) is 47.4 Å². The molecule has 1 nitrogen and oxygen atoms in total. The van der Waals surface area contributed by atoms with Crippen molar-refractivity contribution in [2.24, 2.45) is 0 Å². The molecule has 0 aromatic rings. The van der Waals surface area contributed by atoms with Gasteiger partial charge in [0, 0.05) is 0 Å². The molecule has 0 aliphatic rings. The van der Waals surface area contributed by atoms with Crippen LogP contribution in [-0.4, -0.2) is 93.3 Å². The summed E-state index contributed by atoms with van der Waals surface area (Å²) in [5, 5.41) is 0. The van der Waals surface area contributed by atoms with E-state index in [2.05, 4.69) is 3.07 Å². The van der Waals surface area contributed by atoms with E-state index < -0.39 is 93.3 Å². The fraction of sp³-hybridized carbons (Fsp3) is 1.00. The van der Waals surface area contributed by atoms with Crippen molar-refractivity contribution >= 4 is 18.8 Å². The molecule has 0 heterocycles. The Labute approximate surface area is 189 Å². The van der Waals surface area contributed by atoms with Gasteiger partial charge in [-0.2, -0.15) is 0 Å². The predicted molar refractivity (Wildman–Crippen MR) is 75.2 cm³/mol. The number of hydrogen-bond donors (Lipinski definition) is 0. The molecule has 23 heteroatoms. The van der Waals surface area contributed by atoms with Crippen LogP contribution in [0.25, 0.3) is 0 Å². The monoisotopic (exact) mass is 700 g/mol. The van der Waals surface area contributed by atoms with Crippen molar-refractivity contribution < 1.29 is 95.3 Å². The molecule has 0 N–H and O–H groups in total. The molecule has 0 saturated heterocycles. The third-order valence-electron chi connectivity index (χ3n) is 4.70. The summed E-state index contributed by atoms with van der Waals surface area (Å²) >= 11 is -12.1. The van der Waals surface area contributed by atoms with E-state index >= 15 is 0 Å². The number of rotatable bonds is 13. The van der Waals surface area contributed by atoms with Crippen molar-refractivity contribution in [3.05, 3.63) is 0 Å². The first-order valence-electron chi connectivity index (χ1n) is 8.13. The van der Waals surface area contributed by atoms with E-state index in [0.29, 0.717) is 0 Å². The van der Waals surface area contributed by atoms with E-state index in [1.165, 1.54) is 0 Å². The fourth-order valence-corrected chi connectivity index (χ4v) is 13.5. The Morgan fingerprint density at radius 3 is 0.694 bits per heavy atom. The zero-order valence-corrected chi connectivity index (χ0v) is 19.3. The number of halogens is 21. The summed E-state index contributed by atoms with van der Waals surface area (Å²) in [5.74, 6) is -46.5. The summed E-state index contributed by atoms with van der Waals surface area (Å²) in [7, 11) is -1.33. The minimum atomic E-state index is -12.1. The van der Waals surface area contributed by atoms with Crippen LogP contribution in [0.4, 0.5) is 92.2 Å². The molecule has 0 amide bonds. The van der Waals surface area contributed by atoms with Gasteiger partial charge in [0.2, 0.25) is 0 Å². The van der Waals surface area contributed by atoms with E-state index in [9.17, 15) is 92.2 Å². The Hall–Kier alpha value is -0.711. The van der Waals surface area contributed by atoms with Gasteiger partial charge in [0.15, 0.2) is 0 Å². The molecule has 0 rings (SSSR count). The average molecular weight is 699 g/mol. The van der Waals surface area contributed by atoms with Crippen molar-refractivity contribution in [1.82, 2.24) is 0 Å². The molecule has 0 fully saturated rings. The van der Waals surface area contributed by atoms with Crippen LogP contribution in [0.15, 0.2) is 0 Å². The van der Waals surface area contributed by atoms with Crippen molar-refractivity contribution in [2.75, 3.05) is 27.1 Å². The van der Waals surface area contributed by atoms with E-state index in [-0.39, 0.29) is 0 Å². The standard InChI is InChI=1S/3C4H2F7.CH3O.Sn/c3*5-1-3(8,9)4(10,11)2(6)7;1-2;/h3*1H2;1H3;/q;;;-1;+1. The van der Waals surface area contributed by atoms with Crippen molar-refractivity contribution in [3.63, 3.8) is 0 Å². The van der Waals surface area contributed by atoms with E-state index in [0.717, 1.165) is 0 Å². The molecular weight excluding hydrogens is 690 g/mol. The Bertz CT molecular complexity index is 678.